The molecule has 6 rings (SSSR count). The zero-order chi connectivity index (χ0) is 32.3. The van der Waals surface area contributed by atoms with Crippen molar-refractivity contribution in [3.05, 3.63) is 88.9 Å². The number of ketones is 1. The lowest BCUT2D eigenvalue weighted by Crippen LogP contribution is -2.52. The Kier molecular flexibility index (Phi) is 7.55. The summed E-state index contributed by atoms with van der Waals surface area (Å²) in [6, 6.07) is 6.73. The highest BCUT2D eigenvalue weighted by molar-refractivity contribution is 7.98. The Bertz CT molecular complexity index is 1910. The predicted molar refractivity (Wildman–Crippen MR) is 160 cm³/mol. The van der Waals surface area contributed by atoms with Crippen LogP contribution >= 0.6 is 0 Å². The minimum absolute atomic E-state index is 0.137. The number of carbonyl (C=O) groups is 1. The van der Waals surface area contributed by atoms with E-state index in [0.717, 1.165) is 23.9 Å². The summed E-state index contributed by atoms with van der Waals surface area (Å²) in [6.07, 6.45) is 2.54. The minimum atomic E-state index is -4.66. The van der Waals surface area contributed by atoms with Crippen LogP contribution in [0.15, 0.2) is 65.6 Å². The van der Waals surface area contributed by atoms with Crippen LogP contribution in [0.2, 0.25) is 0 Å². The van der Waals surface area contributed by atoms with Gasteiger partial charge in [0.2, 0.25) is 0 Å². The number of pyridine rings is 1. The molecule has 3 heterocycles. The third-order valence-corrected chi connectivity index (χ3v) is 10.8. The number of benzene rings is 1. The molecule has 3 atom stereocenters. The standard InChI is InChI=1S/C31H31F4N7O2S/c1-19(2)42(45(4,44)28-18-40(3)39-38-28)25-8-5-21-14-27-20(17-37-41(27)24-9-6-23(32)7-10-24)15-30(21,16-25)29(43)26-13-22(11-12-36-26)31(33,34)35/h6-7,9-14,17-19,25H,4-5,8,15-16H2,1-3H3/t25-,30-,45?/m0/s1. The van der Waals surface area contributed by atoms with Gasteiger partial charge in [-0.05, 0) is 93.4 Å². The van der Waals surface area contributed by atoms with Crippen LogP contribution in [0.5, 0.6) is 0 Å². The molecular weight excluding hydrogens is 610 g/mol. The van der Waals surface area contributed by atoms with Gasteiger partial charge in [0.05, 0.1) is 44.5 Å². The van der Waals surface area contributed by atoms with Crippen molar-refractivity contribution >= 4 is 27.4 Å². The first-order valence-corrected chi connectivity index (χ1v) is 16.0. The van der Waals surface area contributed by atoms with Crippen molar-refractivity contribution in [1.29, 1.82) is 0 Å². The van der Waals surface area contributed by atoms with Crippen molar-refractivity contribution in [3.8, 4) is 5.69 Å². The molecule has 1 aromatic carbocycles. The molecule has 4 aromatic rings. The normalized spacial score (nSPS) is 21.3. The van der Waals surface area contributed by atoms with Crippen molar-refractivity contribution in [2.75, 3.05) is 0 Å². The van der Waals surface area contributed by atoms with Crippen molar-refractivity contribution < 1.29 is 26.6 Å². The molecule has 2 aliphatic rings. The third-order valence-electron chi connectivity index (χ3n) is 8.58. The summed E-state index contributed by atoms with van der Waals surface area (Å²) in [5.74, 6) is 3.11. The molecule has 1 fully saturated rings. The summed E-state index contributed by atoms with van der Waals surface area (Å²) in [7, 11) is -1.50. The maximum Gasteiger partial charge on any atom is 0.416 e. The average Bonchev–Trinajstić information content (AvgIpc) is 3.61. The summed E-state index contributed by atoms with van der Waals surface area (Å²) >= 11 is 0. The van der Waals surface area contributed by atoms with Gasteiger partial charge in [-0.3, -0.25) is 14.5 Å². The molecule has 1 saturated carbocycles. The number of halogens is 4. The molecule has 0 radical (unpaired) electrons. The van der Waals surface area contributed by atoms with Crippen LogP contribution in [0, 0.1) is 11.2 Å². The van der Waals surface area contributed by atoms with Gasteiger partial charge in [-0.15, -0.1) is 5.10 Å². The number of hydrogen-bond donors (Lipinski definition) is 0. The van der Waals surface area contributed by atoms with E-state index in [1.165, 1.54) is 16.8 Å². The number of Topliss-reactive ketones (excluding diaryl/α,β-unsaturated/α-hetero) is 1. The first kappa shape index (κ1) is 30.8. The number of carbonyl (C=O) groups excluding carboxylic acids is 1. The Hall–Kier alpha value is -4.17. The molecule has 14 heteroatoms. The van der Waals surface area contributed by atoms with Gasteiger partial charge in [0.15, 0.2) is 10.8 Å². The second-order valence-corrected chi connectivity index (χ2v) is 14.0. The lowest BCUT2D eigenvalue weighted by molar-refractivity contribution is -0.137. The molecule has 3 aromatic heterocycles. The molecule has 236 valence electrons. The van der Waals surface area contributed by atoms with Gasteiger partial charge >= 0.3 is 6.18 Å². The fourth-order valence-electron chi connectivity index (χ4n) is 6.65. The maximum absolute atomic E-state index is 14.5. The van der Waals surface area contributed by atoms with Gasteiger partial charge in [-0.25, -0.2) is 17.6 Å². The number of fused-ring (bicyclic) bond motifs is 2. The molecule has 0 spiro atoms. The van der Waals surface area contributed by atoms with E-state index in [0.29, 0.717) is 29.8 Å². The molecule has 0 saturated heterocycles. The van der Waals surface area contributed by atoms with Gasteiger partial charge in [-0.2, -0.15) is 18.3 Å². The lowest BCUT2D eigenvalue weighted by atomic mass is 9.60. The Morgan fingerprint density at radius 1 is 1.20 bits per heavy atom. The highest BCUT2D eigenvalue weighted by Gasteiger charge is 2.52. The van der Waals surface area contributed by atoms with Crippen LogP contribution in [0.1, 0.15) is 60.4 Å². The number of hydrogen-bond acceptors (Lipinski definition) is 6. The van der Waals surface area contributed by atoms with Gasteiger partial charge in [0.25, 0.3) is 0 Å². The number of alkyl halides is 3. The van der Waals surface area contributed by atoms with Crippen LogP contribution in [-0.2, 0) is 29.4 Å². The number of aryl methyl sites for hydroxylation is 1. The summed E-state index contributed by atoms with van der Waals surface area (Å²) < 4.78 is 73.9. The predicted octanol–water partition coefficient (Wildman–Crippen LogP) is 5.32. The first-order chi connectivity index (χ1) is 21.2. The summed E-state index contributed by atoms with van der Waals surface area (Å²) in [5.41, 5.74) is 0.177. The van der Waals surface area contributed by atoms with Gasteiger partial charge in [0, 0.05) is 25.3 Å². The SMILES string of the molecule is C=S(=O)(c1cn(C)nn1)N(C(C)C)[C@H]1CCC2=Cc3c(cnn3-c3ccc(F)cc3)C[C@]2(C(=O)c2cc(C(F)(F)F)ccn2)C1. The van der Waals surface area contributed by atoms with Crippen LogP contribution in [-0.4, -0.2) is 62.0 Å². The Balaban J connectivity index is 1.47. The summed E-state index contributed by atoms with van der Waals surface area (Å²) in [4.78, 5) is 18.6. The highest BCUT2D eigenvalue weighted by Crippen LogP contribution is 2.51. The molecule has 0 N–H and O–H groups in total. The highest BCUT2D eigenvalue weighted by atomic mass is 32.2. The van der Waals surface area contributed by atoms with Crippen LogP contribution in [0.4, 0.5) is 17.6 Å². The molecule has 9 nitrogen and oxygen atoms in total. The van der Waals surface area contributed by atoms with E-state index >= 15 is 0 Å². The number of nitrogens with zero attached hydrogens (tertiary/aromatic N) is 7. The lowest BCUT2D eigenvalue weighted by Gasteiger charge is -2.48. The van der Waals surface area contributed by atoms with E-state index in [1.54, 1.807) is 40.6 Å². The van der Waals surface area contributed by atoms with Crippen LogP contribution in [0.3, 0.4) is 0 Å². The van der Waals surface area contributed by atoms with E-state index in [4.69, 9.17) is 0 Å². The summed E-state index contributed by atoms with van der Waals surface area (Å²) in [5, 5.41) is 12.7. The molecule has 1 unspecified atom stereocenters. The Morgan fingerprint density at radius 3 is 2.58 bits per heavy atom. The van der Waals surface area contributed by atoms with Crippen molar-refractivity contribution in [1.82, 2.24) is 34.1 Å². The smallest absolute Gasteiger partial charge is 0.291 e. The molecule has 0 aliphatic heterocycles. The molecular formula is C31H31F4N7O2S. The van der Waals surface area contributed by atoms with Gasteiger partial charge in [0.1, 0.15) is 11.5 Å². The zero-order valence-corrected chi connectivity index (χ0v) is 25.6. The van der Waals surface area contributed by atoms with Crippen molar-refractivity contribution in [2.24, 2.45) is 12.5 Å². The second-order valence-electron chi connectivity index (χ2n) is 11.8. The Morgan fingerprint density at radius 2 is 1.93 bits per heavy atom. The molecule has 45 heavy (non-hydrogen) atoms. The fraction of sp³-hybridized carbons (Fsp3) is 0.355. The second kappa shape index (κ2) is 11.0. The van der Waals surface area contributed by atoms with E-state index in [9.17, 15) is 26.6 Å². The number of rotatable bonds is 7. The molecule has 2 aliphatic carbocycles. The third kappa shape index (κ3) is 5.39. The average molecular weight is 642 g/mol. The quantitative estimate of drug-likeness (QED) is 0.154. The van der Waals surface area contributed by atoms with Crippen molar-refractivity contribution in [2.45, 2.75) is 62.8 Å². The van der Waals surface area contributed by atoms with Crippen LogP contribution in [0.25, 0.3) is 11.8 Å². The minimum Gasteiger partial charge on any atom is -0.291 e. The first-order valence-electron chi connectivity index (χ1n) is 14.3. The number of aromatic nitrogens is 6. The van der Waals surface area contributed by atoms with E-state index in [2.05, 4.69) is 26.3 Å². The van der Waals surface area contributed by atoms with Crippen molar-refractivity contribution in [3.63, 3.8) is 0 Å². The van der Waals surface area contributed by atoms with Crippen LogP contribution < -0.4 is 0 Å². The molecule has 0 amide bonds. The van der Waals surface area contributed by atoms with E-state index < -0.39 is 44.5 Å². The van der Waals surface area contributed by atoms with Gasteiger partial charge in [-0.1, -0.05) is 10.8 Å². The maximum atomic E-state index is 14.5. The van der Waals surface area contributed by atoms with E-state index in [-0.39, 0.29) is 29.6 Å². The largest absolute Gasteiger partial charge is 0.416 e. The fourth-order valence-corrected chi connectivity index (χ4v) is 8.69. The van der Waals surface area contributed by atoms with E-state index in [1.807, 2.05) is 19.9 Å². The monoisotopic (exact) mass is 641 g/mol. The van der Waals surface area contributed by atoms with Gasteiger partial charge < -0.3 is 0 Å². The number of allylic oxidation sites excluding steroid dienone is 1. The summed E-state index contributed by atoms with van der Waals surface area (Å²) in [6.45, 7) is 3.75. The molecule has 0 bridgehead atoms. The Labute approximate surface area is 257 Å². The zero-order valence-electron chi connectivity index (χ0n) is 24.8. The topological polar surface area (TPSA) is 98.8 Å².